The molecule has 1 N–H and O–H groups in total. The first-order chi connectivity index (χ1) is 15.1. The highest BCUT2D eigenvalue weighted by atomic mass is 19.4. The maximum absolute atomic E-state index is 13.1. The lowest BCUT2D eigenvalue weighted by Crippen LogP contribution is -2.32. The molecule has 9 heteroatoms. The Morgan fingerprint density at radius 1 is 1.06 bits per heavy atom. The molecule has 0 aliphatic rings. The lowest BCUT2D eigenvalue weighted by Gasteiger charge is -2.15. The van der Waals surface area contributed by atoms with Crippen molar-refractivity contribution in [3.8, 4) is 5.69 Å². The summed E-state index contributed by atoms with van der Waals surface area (Å²) in [6.45, 7) is 2.40. The van der Waals surface area contributed by atoms with E-state index in [0.29, 0.717) is 12.2 Å². The second-order valence-corrected chi connectivity index (χ2v) is 7.65. The van der Waals surface area contributed by atoms with Crippen LogP contribution in [0.2, 0.25) is 0 Å². The highest BCUT2D eigenvalue weighted by Crippen LogP contribution is 2.30. The number of carbonyl (C=O) groups is 1. The van der Waals surface area contributed by atoms with Crippen LogP contribution in [0.3, 0.4) is 0 Å². The molecular weight excluding hydrogens is 421 g/mol. The van der Waals surface area contributed by atoms with Gasteiger partial charge in [-0.1, -0.05) is 30.3 Å². The average molecular weight is 444 g/mol. The fraction of sp³-hybridized carbons (Fsp3) is 0.261. The van der Waals surface area contributed by atoms with E-state index in [1.807, 2.05) is 43.3 Å². The van der Waals surface area contributed by atoms with Crippen LogP contribution >= 0.6 is 0 Å². The number of aromatic nitrogens is 2. The number of carbonyl (C=O) groups excluding carboxylic acids is 1. The number of alkyl halides is 3. The Bertz CT molecular complexity index is 1190. The molecule has 0 spiro atoms. The fourth-order valence-electron chi connectivity index (χ4n) is 3.26. The van der Waals surface area contributed by atoms with Crippen molar-refractivity contribution in [2.75, 3.05) is 14.1 Å². The molecule has 168 valence electrons. The molecule has 0 bridgehead atoms. The minimum atomic E-state index is -4.52. The summed E-state index contributed by atoms with van der Waals surface area (Å²) in [6.07, 6.45) is -4.52. The Labute approximate surface area is 183 Å². The largest absolute Gasteiger partial charge is 0.416 e. The Hall–Kier alpha value is -3.46. The minimum absolute atomic E-state index is 0.0997. The number of rotatable bonds is 6. The Kier molecular flexibility index (Phi) is 6.78. The summed E-state index contributed by atoms with van der Waals surface area (Å²) in [5.41, 5.74) is 0.474. The van der Waals surface area contributed by atoms with E-state index in [4.69, 9.17) is 0 Å². The van der Waals surface area contributed by atoms with Gasteiger partial charge in [0.15, 0.2) is 5.69 Å². The van der Waals surface area contributed by atoms with Gasteiger partial charge in [-0.25, -0.2) is 4.68 Å². The number of halogens is 3. The van der Waals surface area contributed by atoms with Crippen molar-refractivity contribution < 1.29 is 18.0 Å². The van der Waals surface area contributed by atoms with Gasteiger partial charge in [0.1, 0.15) is 0 Å². The molecule has 32 heavy (non-hydrogen) atoms. The second kappa shape index (κ2) is 9.35. The zero-order chi connectivity index (χ0) is 23.5. The first kappa shape index (κ1) is 23.2. The van der Waals surface area contributed by atoms with Gasteiger partial charge in [-0.2, -0.15) is 18.3 Å². The standard InChI is InChI=1S/C23H23F3N4O2/c1-15-11-20(31)21(28-30(15)19-10-6-9-18(12-19)23(24,25)26)22(32)27-13-16-7-4-5-8-17(16)14-29(2)3/h4-12H,13-14H2,1-3H3,(H,27,32). The fourth-order valence-corrected chi connectivity index (χ4v) is 3.26. The molecule has 1 heterocycles. The highest BCUT2D eigenvalue weighted by Gasteiger charge is 2.30. The van der Waals surface area contributed by atoms with Crippen LogP contribution in [0.5, 0.6) is 0 Å². The van der Waals surface area contributed by atoms with Crippen molar-refractivity contribution in [3.05, 3.63) is 92.9 Å². The maximum atomic E-state index is 13.1. The summed E-state index contributed by atoms with van der Waals surface area (Å²) < 4.78 is 40.4. The van der Waals surface area contributed by atoms with Crippen LogP contribution in [0.4, 0.5) is 13.2 Å². The Morgan fingerprint density at radius 3 is 2.41 bits per heavy atom. The van der Waals surface area contributed by atoms with Gasteiger partial charge in [-0.3, -0.25) is 9.59 Å². The number of benzene rings is 2. The zero-order valence-electron chi connectivity index (χ0n) is 17.9. The smallest absolute Gasteiger partial charge is 0.346 e. The van der Waals surface area contributed by atoms with Crippen molar-refractivity contribution >= 4 is 5.91 Å². The first-order valence-electron chi connectivity index (χ1n) is 9.84. The van der Waals surface area contributed by atoms with E-state index < -0.39 is 28.8 Å². The topological polar surface area (TPSA) is 67.2 Å². The van der Waals surface area contributed by atoms with E-state index in [9.17, 15) is 22.8 Å². The van der Waals surface area contributed by atoms with E-state index in [1.165, 1.54) is 25.1 Å². The molecule has 2 aromatic carbocycles. The highest BCUT2D eigenvalue weighted by molar-refractivity contribution is 5.92. The summed E-state index contributed by atoms with van der Waals surface area (Å²) in [4.78, 5) is 27.1. The monoisotopic (exact) mass is 444 g/mol. The molecule has 3 aromatic rings. The van der Waals surface area contributed by atoms with E-state index in [-0.39, 0.29) is 12.2 Å². The average Bonchev–Trinajstić information content (AvgIpc) is 2.72. The summed E-state index contributed by atoms with van der Waals surface area (Å²) in [7, 11) is 3.86. The van der Waals surface area contributed by atoms with Gasteiger partial charge in [-0.15, -0.1) is 0 Å². The van der Waals surface area contributed by atoms with Crippen molar-refractivity contribution in [1.82, 2.24) is 20.0 Å². The SMILES string of the molecule is Cc1cc(=O)c(C(=O)NCc2ccccc2CN(C)C)nn1-c1cccc(C(F)(F)F)c1. The predicted molar refractivity (Wildman–Crippen MR) is 115 cm³/mol. The summed E-state index contributed by atoms with van der Waals surface area (Å²) in [6, 6.07) is 13.3. The van der Waals surface area contributed by atoms with Gasteiger partial charge in [0.05, 0.1) is 11.3 Å². The third kappa shape index (κ3) is 5.42. The van der Waals surface area contributed by atoms with E-state index >= 15 is 0 Å². The van der Waals surface area contributed by atoms with Gasteiger partial charge in [0, 0.05) is 24.8 Å². The van der Waals surface area contributed by atoms with E-state index in [1.54, 1.807) is 0 Å². The van der Waals surface area contributed by atoms with E-state index in [0.717, 1.165) is 27.9 Å². The van der Waals surface area contributed by atoms with Gasteiger partial charge < -0.3 is 10.2 Å². The normalized spacial score (nSPS) is 11.6. The lowest BCUT2D eigenvalue weighted by molar-refractivity contribution is -0.137. The summed E-state index contributed by atoms with van der Waals surface area (Å²) in [5.74, 6) is -0.699. The van der Waals surface area contributed by atoms with Crippen molar-refractivity contribution in [3.63, 3.8) is 0 Å². The third-order valence-electron chi connectivity index (χ3n) is 4.78. The lowest BCUT2D eigenvalue weighted by atomic mass is 10.1. The molecule has 0 unspecified atom stereocenters. The second-order valence-electron chi connectivity index (χ2n) is 7.65. The molecule has 0 aliphatic carbocycles. The molecule has 1 amide bonds. The maximum Gasteiger partial charge on any atom is 0.416 e. The van der Waals surface area contributed by atoms with Gasteiger partial charge >= 0.3 is 6.18 Å². The first-order valence-corrected chi connectivity index (χ1v) is 9.84. The molecule has 0 fully saturated rings. The van der Waals surface area contributed by atoms with Gasteiger partial charge in [0.2, 0.25) is 5.43 Å². The van der Waals surface area contributed by atoms with Crippen molar-refractivity contribution in [2.24, 2.45) is 0 Å². The van der Waals surface area contributed by atoms with Crippen LogP contribution in [0.15, 0.2) is 59.4 Å². The number of aryl methyl sites for hydroxylation is 1. The minimum Gasteiger partial charge on any atom is -0.346 e. The molecule has 6 nitrogen and oxygen atoms in total. The molecule has 3 rings (SSSR count). The number of amides is 1. The van der Waals surface area contributed by atoms with Crippen molar-refractivity contribution in [2.45, 2.75) is 26.2 Å². The van der Waals surface area contributed by atoms with Gasteiger partial charge in [-0.05, 0) is 50.3 Å². The summed E-state index contributed by atoms with van der Waals surface area (Å²) >= 11 is 0. The predicted octanol–water partition coefficient (Wildman–Crippen LogP) is 3.55. The van der Waals surface area contributed by atoms with Crippen LogP contribution in [0.25, 0.3) is 5.69 Å². The third-order valence-corrected chi connectivity index (χ3v) is 4.78. The number of nitrogens with zero attached hydrogens (tertiary/aromatic N) is 3. The van der Waals surface area contributed by atoms with Crippen LogP contribution in [-0.4, -0.2) is 34.7 Å². The van der Waals surface area contributed by atoms with Gasteiger partial charge in [0.25, 0.3) is 5.91 Å². The summed E-state index contributed by atoms with van der Waals surface area (Å²) in [5, 5.41) is 6.76. The molecule has 0 radical (unpaired) electrons. The Balaban J connectivity index is 1.89. The molecule has 0 atom stereocenters. The van der Waals surface area contributed by atoms with Crippen LogP contribution in [0, 0.1) is 6.92 Å². The number of hydrogen-bond acceptors (Lipinski definition) is 4. The van der Waals surface area contributed by atoms with Crippen LogP contribution in [-0.2, 0) is 19.3 Å². The van der Waals surface area contributed by atoms with E-state index in [2.05, 4.69) is 10.4 Å². The number of hydrogen-bond donors (Lipinski definition) is 1. The molecule has 0 aliphatic heterocycles. The quantitative estimate of drug-likeness (QED) is 0.632. The molecule has 0 saturated carbocycles. The van der Waals surface area contributed by atoms with Crippen LogP contribution < -0.4 is 10.7 Å². The Morgan fingerprint density at radius 2 is 1.75 bits per heavy atom. The van der Waals surface area contributed by atoms with Crippen molar-refractivity contribution in [1.29, 1.82) is 0 Å². The molecule has 0 saturated heterocycles. The van der Waals surface area contributed by atoms with Crippen LogP contribution in [0.1, 0.15) is 32.9 Å². The molecular formula is C23H23F3N4O2. The zero-order valence-corrected chi connectivity index (χ0v) is 17.9. The molecule has 1 aromatic heterocycles. The number of nitrogens with one attached hydrogen (secondary N) is 1.